The number of anilines is 1. The first-order chi connectivity index (χ1) is 13.0. The summed E-state index contributed by atoms with van der Waals surface area (Å²) in [6.45, 7) is 9.50. The van der Waals surface area contributed by atoms with Crippen LogP contribution < -0.4 is 4.90 Å². The fourth-order valence-electron chi connectivity index (χ4n) is 2.32. The Labute approximate surface area is 166 Å². The van der Waals surface area contributed by atoms with E-state index in [1.165, 1.54) is 0 Å². The van der Waals surface area contributed by atoms with Gasteiger partial charge in [0.25, 0.3) is 0 Å². The molecular weight excluding hydrogens is 338 g/mol. The quantitative estimate of drug-likeness (QED) is 0.407. The number of hydrogen-bond acceptors (Lipinski definition) is 4. The number of methoxy groups -OCH3 is 1. The van der Waals surface area contributed by atoms with Gasteiger partial charge in [0.1, 0.15) is 0 Å². The fourth-order valence-corrected chi connectivity index (χ4v) is 2.32. The van der Waals surface area contributed by atoms with Crippen molar-refractivity contribution in [2.24, 2.45) is 0 Å². The van der Waals surface area contributed by atoms with Crippen LogP contribution in [0.4, 0.5) is 5.69 Å². The fraction of sp³-hybridized carbons (Fsp3) is 0.478. The van der Waals surface area contributed by atoms with Crippen LogP contribution in [-0.2, 0) is 10.3 Å². The number of nitrogens with zero attached hydrogens (tertiary/aromatic N) is 1. The van der Waals surface area contributed by atoms with E-state index in [2.05, 4.69) is 17.7 Å². The lowest BCUT2D eigenvalue weighted by molar-refractivity contribution is 0.143. The summed E-state index contributed by atoms with van der Waals surface area (Å²) in [6.07, 6.45) is 12.0. The van der Waals surface area contributed by atoms with Gasteiger partial charge in [0.05, 0.1) is 0 Å². The maximum absolute atomic E-state index is 11.1. The van der Waals surface area contributed by atoms with Gasteiger partial charge in [-0.2, -0.15) is 0 Å². The summed E-state index contributed by atoms with van der Waals surface area (Å²) in [4.78, 5) is 2.12. The Kier molecular flexibility index (Phi) is 16.2. The molecule has 152 valence electrons. The standard InChI is InChI=1S/C20H27NO2.C2H6.CH4O/c1-6-10-17(11-9-16-23-5)20(22,7-2)18-12-14-19(15-13-18)21(4)8-3;2*1-2/h2,6,10-15,22H,8-9,16H2,1,3-5H3;1-2H3;2H,1H3/b10-6-,17-11+;;. The predicted octanol–water partition coefficient (Wildman–Crippen LogP) is 4.14. The molecule has 0 spiro atoms. The predicted molar refractivity (Wildman–Crippen MR) is 117 cm³/mol. The molecule has 0 fully saturated rings. The average molecular weight is 376 g/mol. The molecule has 0 aromatic heterocycles. The summed E-state index contributed by atoms with van der Waals surface area (Å²) in [5.41, 5.74) is 1.03. The zero-order chi connectivity index (χ0) is 21.3. The molecule has 1 aromatic rings. The van der Waals surface area contributed by atoms with E-state index in [4.69, 9.17) is 16.3 Å². The van der Waals surface area contributed by atoms with Crippen molar-refractivity contribution in [3.05, 3.63) is 53.6 Å². The van der Waals surface area contributed by atoms with E-state index in [1.54, 1.807) is 7.11 Å². The third-order valence-corrected chi connectivity index (χ3v) is 3.86. The summed E-state index contributed by atoms with van der Waals surface area (Å²) >= 11 is 0. The Balaban J connectivity index is 0. The molecule has 0 amide bonds. The van der Waals surface area contributed by atoms with Crippen molar-refractivity contribution in [3.8, 4) is 12.3 Å². The zero-order valence-electron chi connectivity index (χ0n) is 18.0. The first-order valence-corrected chi connectivity index (χ1v) is 9.32. The van der Waals surface area contributed by atoms with Crippen LogP contribution in [0.1, 0.15) is 39.7 Å². The van der Waals surface area contributed by atoms with Gasteiger partial charge in [0, 0.05) is 45.7 Å². The van der Waals surface area contributed by atoms with Crippen molar-refractivity contribution < 1.29 is 14.9 Å². The average Bonchev–Trinajstić information content (AvgIpc) is 2.75. The molecule has 0 saturated carbocycles. The van der Waals surface area contributed by atoms with Crippen LogP contribution in [0.25, 0.3) is 0 Å². The second-order valence-corrected chi connectivity index (χ2v) is 5.36. The van der Waals surface area contributed by atoms with Gasteiger partial charge in [-0.3, -0.25) is 0 Å². The Morgan fingerprint density at radius 2 is 1.81 bits per heavy atom. The normalized spacial score (nSPS) is 12.8. The van der Waals surface area contributed by atoms with Gasteiger partial charge in [-0.25, -0.2) is 0 Å². The monoisotopic (exact) mass is 375 g/mol. The number of aliphatic hydroxyl groups is 2. The van der Waals surface area contributed by atoms with Crippen LogP contribution in [0.3, 0.4) is 0 Å². The minimum absolute atomic E-state index is 0.585. The SMILES string of the molecule is C#CC(O)(C(/C=C\C)=C/CCOC)c1ccc(N(C)CC)cc1.CC.CO. The molecule has 1 aromatic carbocycles. The first-order valence-electron chi connectivity index (χ1n) is 9.32. The van der Waals surface area contributed by atoms with Gasteiger partial charge < -0.3 is 19.8 Å². The van der Waals surface area contributed by atoms with Gasteiger partial charge >= 0.3 is 0 Å². The Morgan fingerprint density at radius 3 is 2.22 bits per heavy atom. The molecule has 0 aliphatic carbocycles. The summed E-state index contributed by atoms with van der Waals surface area (Å²) < 4.78 is 5.07. The minimum atomic E-state index is -1.44. The van der Waals surface area contributed by atoms with Crippen LogP contribution in [0.2, 0.25) is 0 Å². The summed E-state index contributed by atoms with van der Waals surface area (Å²) in [7, 11) is 4.68. The van der Waals surface area contributed by atoms with Crippen LogP contribution in [0.15, 0.2) is 48.1 Å². The highest BCUT2D eigenvalue weighted by atomic mass is 16.5. The number of allylic oxidation sites excluding steroid dienone is 1. The summed E-state index contributed by atoms with van der Waals surface area (Å²) in [5, 5.41) is 18.1. The maximum atomic E-state index is 11.1. The van der Waals surface area contributed by atoms with Gasteiger partial charge in [0.2, 0.25) is 0 Å². The number of hydrogen-bond donors (Lipinski definition) is 2. The second kappa shape index (κ2) is 16.1. The molecule has 1 rings (SSSR count). The Hall–Kier alpha value is -2.06. The van der Waals surface area contributed by atoms with Crippen molar-refractivity contribution in [3.63, 3.8) is 0 Å². The molecule has 0 bridgehead atoms. The van der Waals surface area contributed by atoms with Crippen LogP contribution in [0, 0.1) is 12.3 Å². The van der Waals surface area contributed by atoms with Crippen LogP contribution >= 0.6 is 0 Å². The topological polar surface area (TPSA) is 52.9 Å². The van der Waals surface area contributed by atoms with Crippen LogP contribution in [0.5, 0.6) is 0 Å². The van der Waals surface area contributed by atoms with E-state index in [0.29, 0.717) is 24.2 Å². The summed E-state index contributed by atoms with van der Waals surface area (Å²) in [5.74, 6) is 2.55. The molecule has 1 atom stereocenters. The van der Waals surface area contributed by atoms with Crippen molar-refractivity contribution in [1.29, 1.82) is 0 Å². The lowest BCUT2D eigenvalue weighted by Gasteiger charge is -2.26. The minimum Gasteiger partial charge on any atom is -0.400 e. The third-order valence-electron chi connectivity index (χ3n) is 3.86. The Bertz CT molecular complexity index is 585. The molecule has 0 aliphatic rings. The molecule has 4 nitrogen and oxygen atoms in total. The number of benzene rings is 1. The van der Waals surface area contributed by atoms with E-state index < -0.39 is 5.60 Å². The molecule has 2 N–H and O–H groups in total. The summed E-state index contributed by atoms with van der Waals surface area (Å²) in [6, 6.07) is 7.72. The van der Waals surface area contributed by atoms with Crippen molar-refractivity contribution in [2.75, 3.05) is 39.3 Å². The Morgan fingerprint density at radius 1 is 1.26 bits per heavy atom. The van der Waals surface area contributed by atoms with E-state index in [0.717, 1.165) is 19.3 Å². The molecule has 0 saturated heterocycles. The van der Waals surface area contributed by atoms with Gasteiger partial charge in [-0.05, 0) is 38.0 Å². The molecule has 27 heavy (non-hydrogen) atoms. The van der Waals surface area contributed by atoms with Crippen molar-refractivity contribution in [1.82, 2.24) is 0 Å². The highest BCUT2D eigenvalue weighted by Gasteiger charge is 2.30. The first kappa shape index (κ1) is 27.2. The van der Waals surface area contributed by atoms with Crippen molar-refractivity contribution >= 4 is 5.69 Å². The van der Waals surface area contributed by atoms with Crippen LogP contribution in [-0.4, -0.2) is 44.6 Å². The lowest BCUT2D eigenvalue weighted by Crippen LogP contribution is -2.26. The second-order valence-electron chi connectivity index (χ2n) is 5.36. The number of aliphatic hydroxyl groups excluding tert-OH is 1. The zero-order valence-corrected chi connectivity index (χ0v) is 18.0. The van der Waals surface area contributed by atoms with Crippen molar-refractivity contribution in [2.45, 2.75) is 39.7 Å². The van der Waals surface area contributed by atoms with Gasteiger partial charge in [-0.1, -0.05) is 50.1 Å². The smallest absolute Gasteiger partial charge is 0.176 e. The highest BCUT2D eigenvalue weighted by Crippen LogP contribution is 2.31. The molecular formula is C23H37NO3. The van der Waals surface area contributed by atoms with E-state index in [1.807, 2.05) is 70.3 Å². The number of ether oxygens (including phenoxy) is 1. The lowest BCUT2D eigenvalue weighted by atomic mass is 9.85. The largest absolute Gasteiger partial charge is 0.400 e. The molecule has 1 unspecified atom stereocenters. The van der Waals surface area contributed by atoms with Gasteiger partial charge in [-0.15, -0.1) is 6.42 Å². The number of terminal acetylenes is 1. The molecule has 4 heteroatoms. The third kappa shape index (κ3) is 8.45. The molecule has 0 radical (unpaired) electrons. The van der Waals surface area contributed by atoms with E-state index in [-0.39, 0.29) is 0 Å². The molecule has 0 aliphatic heterocycles. The van der Waals surface area contributed by atoms with E-state index >= 15 is 0 Å². The molecule has 0 heterocycles. The van der Waals surface area contributed by atoms with E-state index in [9.17, 15) is 5.11 Å². The van der Waals surface area contributed by atoms with Gasteiger partial charge in [0.15, 0.2) is 5.60 Å². The highest BCUT2D eigenvalue weighted by molar-refractivity contribution is 5.52. The number of rotatable bonds is 8. The maximum Gasteiger partial charge on any atom is 0.176 e.